The molecule has 102 valence electrons. The summed E-state index contributed by atoms with van der Waals surface area (Å²) in [5.41, 5.74) is 1.86. The zero-order chi connectivity index (χ0) is 13.8. The Balaban J connectivity index is 2.24. The molecule has 0 atom stereocenters. The number of benzene rings is 1. The van der Waals surface area contributed by atoms with Gasteiger partial charge in [0.05, 0.1) is 16.4 Å². The summed E-state index contributed by atoms with van der Waals surface area (Å²) in [5.74, 6) is 0.839. The van der Waals surface area contributed by atoms with E-state index in [1.807, 2.05) is 25.1 Å². The molecule has 1 heterocycles. The van der Waals surface area contributed by atoms with Crippen LogP contribution in [0.2, 0.25) is 5.02 Å². The second kappa shape index (κ2) is 6.44. The molecule has 0 spiro atoms. The van der Waals surface area contributed by atoms with Gasteiger partial charge in [0.25, 0.3) is 0 Å². The molecule has 0 amide bonds. The fourth-order valence-corrected chi connectivity index (χ4v) is 2.39. The number of aromatic nitrogens is 2. The highest BCUT2D eigenvalue weighted by molar-refractivity contribution is 9.10. The van der Waals surface area contributed by atoms with Gasteiger partial charge in [0.1, 0.15) is 0 Å². The molecule has 0 bridgehead atoms. The number of imidazole rings is 1. The molecule has 0 aliphatic heterocycles. The zero-order valence-corrected chi connectivity index (χ0v) is 13.4. The third kappa shape index (κ3) is 3.74. The van der Waals surface area contributed by atoms with Gasteiger partial charge in [0, 0.05) is 17.2 Å². The first-order valence-electron chi connectivity index (χ1n) is 6.36. The van der Waals surface area contributed by atoms with E-state index in [1.54, 1.807) is 0 Å². The van der Waals surface area contributed by atoms with E-state index >= 15 is 0 Å². The Morgan fingerprint density at radius 2 is 2.21 bits per heavy atom. The second-order valence-electron chi connectivity index (χ2n) is 4.50. The van der Waals surface area contributed by atoms with E-state index in [1.165, 1.54) is 0 Å². The van der Waals surface area contributed by atoms with Crippen LogP contribution in [0.3, 0.4) is 0 Å². The second-order valence-corrected chi connectivity index (χ2v) is 5.82. The van der Waals surface area contributed by atoms with Crippen molar-refractivity contribution in [3.63, 3.8) is 0 Å². The largest absolute Gasteiger partial charge is 0.324 e. The highest BCUT2D eigenvalue weighted by Crippen LogP contribution is 2.28. The van der Waals surface area contributed by atoms with Gasteiger partial charge in [0.2, 0.25) is 5.95 Å². The lowest BCUT2D eigenvalue weighted by Gasteiger charge is -2.10. The molecule has 0 aliphatic carbocycles. The highest BCUT2D eigenvalue weighted by atomic mass is 79.9. The van der Waals surface area contributed by atoms with Gasteiger partial charge in [-0.3, -0.25) is 0 Å². The van der Waals surface area contributed by atoms with E-state index < -0.39 is 0 Å². The van der Waals surface area contributed by atoms with Crippen LogP contribution in [0, 0.1) is 6.92 Å². The molecule has 0 saturated heterocycles. The van der Waals surface area contributed by atoms with Crippen LogP contribution in [0.15, 0.2) is 28.9 Å². The third-order valence-corrected chi connectivity index (χ3v) is 3.65. The summed E-state index contributed by atoms with van der Waals surface area (Å²) >= 11 is 9.64. The fourth-order valence-electron chi connectivity index (χ4n) is 1.86. The Hall–Kier alpha value is -1.000. The molecule has 0 fully saturated rings. The molecule has 0 saturated carbocycles. The first-order valence-corrected chi connectivity index (χ1v) is 7.53. The van der Waals surface area contributed by atoms with E-state index in [2.05, 4.69) is 43.9 Å². The number of anilines is 2. The number of aryl methyl sites for hydroxylation is 2. The van der Waals surface area contributed by atoms with Crippen molar-refractivity contribution < 1.29 is 0 Å². The van der Waals surface area contributed by atoms with Gasteiger partial charge in [-0.05, 0) is 31.5 Å². The Kier molecular flexibility index (Phi) is 4.88. The number of hydrogen-bond donors (Lipinski definition) is 1. The van der Waals surface area contributed by atoms with Crippen LogP contribution >= 0.6 is 27.5 Å². The summed E-state index contributed by atoms with van der Waals surface area (Å²) in [4.78, 5) is 4.51. The van der Waals surface area contributed by atoms with Crippen molar-refractivity contribution in [3.05, 3.63) is 39.6 Å². The van der Waals surface area contributed by atoms with Gasteiger partial charge in [0.15, 0.2) is 0 Å². The van der Waals surface area contributed by atoms with Crippen molar-refractivity contribution in [2.24, 2.45) is 0 Å². The maximum absolute atomic E-state index is 6.19. The van der Waals surface area contributed by atoms with E-state index in [4.69, 9.17) is 11.6 Å². The molecule has 2 aromatic rings. The molecule has 1 aromatic carbocycles. The Morgan fingerprint density at radius 3 is 2.95 bits per heavy atom. The van der Waals surface area contributed by atoms with Crippen LogP contribution in [0.25, 0.3) is 0 Å². The molecule has 5 heteroatoms. The molecule has 0 unspecified atom stereocenters. The van der Waals surface area contributed by atoms with Gasteiger partial charge < -0.3 is 9.88 Å². The lowest BCUT2D eigenvalue weighted by molar-refractivity contribution is 0.637. The predicted octanol–water partition coefficient (Wildman–Crippen LogP) is 5.15. The topological polar surface area (TPSA) is 29.9 Å². The molecule has 1 aromatic heterocycles. The molecule has 3 nitrogen and oxygen atoms in total. The van der Waals surface area contributed by atoms with Crippen molar-refractivity contribution in [1.82, 2.24) is 9.55 Å². The van der Waals surface area contributed by atoms with Gasteiger partial charge in [-0.2, -0.15) is 0 Å². The maximum Gasteiger partial charge on any atom is 0.207 e. The number of unbranched alkanes of at least 4 members (excludes halogenated alkanes) is 1. The average Bonchev–Trinajstić information content (AvgIpc) is 2.71. The van der Waals surface area contributed by atoms with E-state index in [0.717, 1.165) is 41.2 Å². The minimum atomic E-state index is 0.686. The minimum Gasteiger partial charge on any atom is -0.324 e. The molecular weight excluding hydrogens is 326 g/mol. The van der Waals surface area contributed by atoms with Crippen LogP contribution in [-0.4, -0.2) is 9.55 Å². The highest BCUT2D eigenvalue weighted by Gasteiger charge is 2.08. The van der Waals surface area contributed by atoms with E-state index in [9.17, 15) is 0 Å². The zero-order valence-electron chi connectivity index (χ0n) is 11.1. The molecular formula is C14H17BrClN3. The summed E-state index contributed by atoms with van der Waals surface area (Å²) < 4.78 is 3.12. The van der Waals surface area contributed by atoms with Gasteiger partial charge >= 0.3 is 0 Å². The van der Waals surface area contributed by atoms with Gasteiger partial charge in [-0.15, -0.1) is 0 Å². The van der Waals surface area contributed by atoms with Gasteiger partial charge in [-0.1, -0.05) is 40.9 Å². The predicted molar refractivity (Wildman–Crippen MR) is 84.3 cm³/mol. The molecule has 19 heavy (non-hydrogen) atoms. The van der Waals surface area contributed by atoms with Crippen molar-refractivity contribution >= 4 is 39.2 Å². The number of nitrogens with zero attached hydrogens (tertiary/aromatic N) is 2. The van der Waals surface area contributed by atoms with Gasteiger partial charge in [-0.25, -0.2) is 4.98 Å². The first-order chi connectivity index (χ1) is 9.10. The summed E-state index contributed by atoms with van der Waals surface area (Å²) in [6.07, 6.45) is 4.36. The Morgan fingerprint density at radius 1 is 1.42 bits per heavy atom. The SMILES string of the molecule is CCCCn1cc(C)nc1Nc1cc(Br)ccc1Cl. The van der Waals surface area contributed by atoms with Crippen LogP contribution in [0.4, 0.5) is 11.6 Å². The molecule has 2 rings (SSSR count). The van der Waals surface area contributed by atoms with Crippen molar-refractivity contribution in [2.45, 2.75) is 33.2 Å². The van der Waals surface area contributed by atoms with Crippen LogP contribution in [-0.2, 0) is 6.54 Å². The quantitative estimate of drug-likeness (QED) is 0.814. The normalized spacial score (nSPS) is 10.7. The van der Waals surface area contributed by atoms with Crippen molar-refractivity contribution in [3.8, 4) is 0 Å². The van der Waals surface area contributed by atoms with Crippen LogP contribution < -0.4 is 5.32 Å². The maximum atomic E-state index is 6.19. The van der Waals surface area contributed by atoms with Crippen LogP contribution in [0.5, 0.6) is 0 Å². The molecule has 0 radical (unpaired) electrons. The summed E-state index contributed by atoms with van der Waals surface area (Å²) in [6.45, 7) is 5.14. The number of hydrogen-bond acceptors (Lipinski definition) is 2. The van der Waals surface area contributed by atoms with E-state index in [0.29, 0.717) is 5.02 Å². The standard InChI is InChI=1S/C14H17BrClN3/c1-3-4-7-19-9-10(2)17-14(19)18-13-8-11(15)5-6-12(13)16/h5-6,8-9H,3-4,7H2,1-2H3,(H,17,18). The third-order valence-electron chi connectivity index (χ3n) is 2.82. The summed E-state index contributed by atoms with van der Waals surface area (Å²) in [7, 11) is 0. The van der Waals surface area contributed by atoms with Crippen molar-refractivity contribution in [2.75, 3.05) is 5.32 Å². The number of nitrogens with one attached hydrogen (secondary N) is 1. The van der Waals surface area contributed by atoms with Crippen molar-refractivity contribution in [1.29, 1.82) is 0 Å². The minimum absolute atomic E-state index is 0.686. The number of halogens is 2. The smallest absolute Gasteiger partial charge is 0.207 e. The average molecular weight is 343 g/mol. The fraction of sp³-hybridized carbons (Fsp3) is 0.357. The molecule has 0 aliphatic rings. The Bertz CT molecular complexity index is 566. The lowest BCUT2D eigenvalue weighted by Crippen LogP contribution is -2.03. The lowest BCUT2D eigenvalue weighted by atomic mass is 10.3. The summed E-state index contributed by atoms with van der Waals surface area (Å²) in [5, 5.41) is 3.99. The summed E-state index contributed by atoms with van der Waals surface area (Å²) in [6, 6.07) is 5.74. The Labute approximate surface area is 127 Å². The monoisotopic (exact) mass is 341 g/mol. The number of rotatable bonds is 5. The van der Waals surface area contributed by atoms with Crippen LogP contribution in [0.1, 0.15) is 25.5 Å². The molecule has 1 N–H and O–H groups in total. The van der Waals surface area contributed by atoms with E-state index in [-0.39, 0.29) is 0 Å². The first kappa shape index (κ1) is 14.4.